The first-order valence-electron chi connectivity index (χ1n) is 5.70. The highest BCUT2D eigenvalue weighted by Gasteiger charge is 2.09. The zero-order valence-corrected chi connectivity index (χ0v) is 10.3. The van der Waals surface area contributed by atoms with Crippen molar-refractivity contribution in [1.82, 2.24) is 10.2 Å². The van der Waals surface area contributed by atoms with Crippen LogP contribution in [0.5, 0.6) is 5.75 Å². The normalized spacial score (nSPS) is 9.33. The second-order valence-electron chi connectivity index (χ2n) is 3.57. The van der Waals surface area contributed by atoms with Crippen LogP contribution in [0.1, 0.15) is 0 Å². The number of ether oxygens (including phenoxy) is 1. The Bertz CT molecular complexity index is 380. The molecule has 0 saturated heterocycles. The Morgan fingerprint density at radius 1 is 1.22 bits per heavy atom. The van der Waals surface area contributed by atoms with Crippen LogP contribution in [0.15, 0.2) is 55.6 Å². The van der Waals surface area contributed by atoms with Gasteiger partial charge in [-0.1, -0.05) is 30.4 Å². The molecule has 1 N–H and O–H groups in total. The molecule has 1 rings (SSSR count). The summed E-state index contributed by atoms with van der Waals surface area (Å²) in [6.45, 7) is 8.29. The van der Waals surface area contributed by atoms with Gasteiger partial charge in [-0.05, 0) is 12.1 Å². The summed E-state index contributed by atoms with van der Waals surface area (Å²) in [5, 5.41) is 2.67. The molecule has 0 aliphatic carbocycles. The number of nitrogens with one attached hydrogen (secondary N) is 1. The van der Waals surface area contributed by atoms with E-state index in [0.29, 0.717) is 13.1 Å². The number of rotatable bonds is 7. The fourth-order valence-corrected chi connectivity index (χ4v) is 1.36. The van der Waals surface area contributed by atoms with E-state index in [9.17, 15) is 4.79 Å². The summed E-state index contributed by atoms with van der Waals surface area (Å²) >= 11 is 0. The SMILES string of the molecule is C=CCN(CC=C)C(=O)NCOc1ccccc1. The van der Waals surface area contributed by atoms with Crippen molar-refractivity contribution in [3.8, 4) is 5.75 Å². The number of amides is 2. The van der Waals surface area contributed by atoms with Crippen LogP contribution in [0.3, 0.4) is 0 Å². The number of benzene rings is 1. The molecule has 0 spiro atoms. The molecule has 0 bridgehead atoms. The van der Waals surface area contributed by atoms with Crippen LogP contribution < -0.4 is 10.1 Å². The van der Waals surface area contributed by atoms with Gasteiger partial charge < -0.3 is 15.0 Å². The molecule has 0 aliphatic rings. The minimum absolute atomic E-state index is 0.133. The molecule has 0 unspecified atom stereocenters. The Kier molecular flexibility index (Phi) is 6.11. The second kappa shape index (κ2) is 7.95. The van der Waals surface area contributed by atoms with Gasteiger partial charge in [0.2, 0.25) is 0 Å². The van der Waals surface area contributed by atoms with Crippen LogP contribution in [0.25, 0.3) is 0 Å². The van der Waals surface area contributed by atoms with E-state index in [0.717, 1.165) is 5.75 Å². The van der Waals surface area contributed by atoms with Gasteiger partial charge in [0.05, 0.1) is 0 Å². The summed E-state index contributed by atoms with van der Waals surface area (Å²) in [7, 11) is 0. The molecule has 0 aliphatic heterocycles. The predicted octanol–water partition coefficient (Wildman–Crippen LogP) is 2.41. The summed E-state index contributed by atoms with van der Waals surface area (Å²) in [5.74, 6) is 0.719. The largest absolute Gasteiger partial charge is 0.473 e. The molecular weight excluding hydrogens is 228 g/mol. The number of carbonyl (C=O) groups excluding carboxylic acids is 1. The van der Waals surface area contributed by atoms with E-state index < -0.39 is 0 Å². The molecular formula is C14H18N2O2. The van der Waals surface area contributed by atoms with Gasteiger partial charge in [-0.3, -0.25) is 0 Å². The maximum absolute atomic E-state index is 11.8. The van der Waals surface area contributed by atoms with E-state index >= 15 is 0 Å². The summed E-state index contributed by atoms with van der Waals surface area (Å²) in [4.78, 5) is 13.3. The van der Waals surface area contributed by atoms with Gasteiger partial charge in [0, 0.05) is 13.1 Å². The monoisotopic (exact) mass is 246 g/mol. The Balaban J connectivity index is 2.35. The van der Waals surface area contributed by atoms with Gasteiger partial charge in [-0.2, -0.15) is 0 Å². The molecule has 0 saturated carbocycles. The third-order valence-corrected chi connectivity index (χ3v) is 2.19. The van der Waals surface area contributed by atoms with Crippen molar-refractivity contribution < 1.29 is 9.53 Å². The van der Waals surface area contributed by atoms with Crippen LogP contribution in [0.4, 0.5) is 4.79 Å². The number of carbonyl (C=O) groups is 1. The maximum atomic E-state index is 11.8. The third-order valence-electron chi connectivity index (χ3n) is 2.19. The molecule has 4 nitrogen and oxygen atoms in total. The summed E-state index contributed by atoms with van der Waals surface area (Å²) in [6, 6.07) is 9.11. The topological polar surface area (TPSA) is 41.6 Å². The Labute approximate surface area is 108 Å². The highest BCUT2D eigenvalue weighted by molar-refractivity contribution is 5.74. The minimum atomic E-state index is -0.203. The lowest BCUT2D eigenvalue weighted by Crippen LogP contribution is -2.41. The van der Waals surface area contributed by atoms with Crippen molar-refractivity contribution in [2.24, 2.45) is 0 Å². The van der Waals surface area contributed by atoms with E-state index in [1.807, 2.05) is 30.3 Å². The quantitative estimate of drug-likeness (QED) is 0.593. The lowest BCUT2D eigenvalue weighted by molar-refractivity contribution is 0.193. The first kappa shape index (κ1) is 13.8. The first-order chi connectivity index (χ1) is 8.77. The van der Waals surface area contributed by atoms with Crippen LogP contribution >= 0.6 is 0 Å². The fraction of sp³-hybridized carbons (Fsp3) is 0.214. The Morgan fingerprint density at radius 2 is 1.83 bits per heavy atom. The molecule has 1 aromatic rings. The third kappa shape index (κ3) is 4.74. The zero-order chi connectivity index (χ0) is 13.2. The molecule has 1 aromatic carbocycles. The van der Waals surface area contributed by atoms with Gasteiger partial charge in [0.1, 0.15) is 5.75 Å². The van der Waals surface area contributed by atoms with Crippen LogP contribution in [0, 0.1) is 0 Å². The summed E-state index contributed by atoms with van der Waals surface area (Å²) in [6.07, 6.45) is 3.34. The fourth-order valence-electron chi connectivity index (χ4n) is 1.36. The molecule has 96 valence electrons. The molecule has 0 fully saturated rings. The van der Waals surface area contributed by atoms with Gasteiger partial charge >= 0.3 is 6.03 Å². The van der Waals surface area contributed by atoms with Crippen molar-refractivity contribution in [2.75, 3.05) is 19.8 Å². The van der Waals surface area contributed by atoms with Crippen molar-refractivity contribution in [3.05, 3.63) is 55.6 Å². The molecule has 0 aromatic heterocycles. The lowest BCUT2D eigenvalue weighted by Gasteiger charge is -2.19. The standard InChI is InChI=1S/C14H18N2O2/c1-3-10-16(11-4-2)14(17)15-12-18-13-8-6-5-7-9-13/h3-9H,1-2,10-12H2,(H,15,17). The van der Waals surface area contributed by atoms with E-state index in [1.54, 1.807) is 17.1 Å². The van der Waals surface area contributed by atoms with Crippen LogP contribution in [-0.4, -0.2) is 30.8 Å². The maximum Gasteiger partial charge on any atom is 0.320 e. The number of hydrogen-bond acceptors (Lipinski definition) is 2. The average Bonchev–Trinajstić information content (AvgIpc) is 2.39. The summed E-state index contributed by atoms with van der Waals surface area (Å²) in [5.41, 5.74) is 0. The summed E-state index contributed by atoms with van der Waals surface area (Å²) < 4.78 is 5.37. The Hall–Kier alpha value is -2.23. The van der Waals surface area contributed by atoms with Crippen LogP contribution in [0.2, 0.25) is 0 Å². The molecule has 0 atom stereocenters. The number of hydrogen-bond donors (Lipinski definition) is 1. The van der Waals surface area contributed by atoms with E-state index in [1.165, 1.54) is 0 Å². The number of nitrogens with zero attached hydrogens (tertiary/aromatic N) is 1. The van der Waals surface area contributed by atoms with Gasteiger partial charge in [-0.25, -0.2) is 4.79 Å². The predicted molar refractivity (Wildman–Crippen MR) is 72.4 cm³/mol. The van der Waals surface area contributed by atoms with Gasteiger partial charge in [0.15, 0.2) is 6.73 Å². The lowest BCUT2D eigenvalue weighted by atomic mass is 10.3. The van der Waals surface area contributed by atoms with E-state index in [2.05, 4.69) is 18.5 Å². The minimum Gasteiger partial charge on any atom is -0.473 e. The van der Waals surface area contributed by atoms with Crippen molar-refractivity contribution >= 4 is 6.03 Å². The number of para-hydroxylation sites is 1. The molecule has 4 heteroatoms. The van der Waals surface area contributed by atoms with Crippen molar-refractivity contribution in [3.63, 3.8) is 0 Å². The smallest absolute Gasteiger partial charge is 0.320 e. The molecule has 0 radical (unpaired) electrons. The Morgan fingerprint density at radius 3 is 2.39 bits per heavy atom. The second-order valence-corrected chi connectivity index (χ2v) is 3.57. The van der Waals surface area contributed by atoms with Gasteiger partial charge in [0.25, 0.3) is 0 Å². The van der Waals surface area contributed by atoms with Crippen molar-refractivity contribution in [2.45, 2.75) is 0 Å². The van der Waals surface area contributed by atoms with E-state index in [4.69, 9.17) is 4.74 Å². The first-order valence-corrected chi connectivity index (χ1v) is 5.70. The molecule has 0 heterocycles. The highest BCUT2D eigenvalue weighted by atomic mass is 16.5. The highest BCUT2D eigenvalue weighted by Crippen LogP contribution is 2.07. The zero-order valence-electron chi connectivity index (χ0n) is 10.3. The van der Waals surface area contributed by atoms with E-state index in [-0.39, 0.29) is 12.8 Å². The average molecular weight is 246 g/mol. The van der Waals surface area contributed by atoms with Crippen molar-refractivity contribution in [1.29, 1.82) is 0 Å². The number of urea groups is 1. The molecule has 2 amide bonds. The van der Waals surface area contributed by atoms with Crippen LogP contribution in [-0.2, 0) is 0 Å². The van der Waals surface area contributed by atoms with Gasteiger partial charge in [-0.15, -0.1) is 13.2 Å². The molecule has 18 heavy (non-hydrogen) atoms.